The lowest BCUT2D eigenvalue weighted by Crippen LogP contribution is -2.51. The van der Waals surface area contributed by atoms with E-state index in [2.05, 4.69) is 0 Å². The fraction of sp³-hybridized carbons (Fsp3) is 0.318. The summed E-state index contributed by atoms with van der Waals surface area (Å²) in [4.78, 5) is 39.6. The van der Waals surface area contributed by atoms with Crippen LogP contribution in [0.5, 0.6) is 11.5 Å². The van der Waals surface area contributed by atoms with Gasteiger partial charge in [0.2, 0.25) is 0 Å². The van der Waals surface area contributed by atoms with Crippen LogP contribution in [0.3, 0.4) is 0 Å². The lowest BCUT2D eigenvalue weighted by molar-refractivity contribution is -0.135. The van der Waals surface area contributed by atoms with Crippen LogP contribution in [-0.4, -0.2) is 60.4 Å². The fourth-order valence-electron chi connectivity index (χ4n) is 3.07. The van der Waals surface area contributed by atoms with E-state index in [1.54, 1.807) is 34.1 Å². The third-order valence-corrected chi connectivity index (χ3v) is 4.65. The summed E-state index contributed by atoms with van der Waals surface area (Å²) in [7, 11) is 0. The molecule has 0 aromatic heterocycles. The molecule has 2 amide bonds. The molecule has 0 radical (unpaired) electrons. The van der Waals surface area contributed by atoms with E-state index in [-0.39, 0.29) is 18.4 Å². The molecular formula is C22H24N2O5. The molecule has 1 saturated heterocycles. The Balaban J connectivity index is 1.50. The molecule has 7 nitrogen and oxygen atoms in total. The standard InChI is InChI=1S/C22H24N2O5/c1-16-6-8-19(9-7-16)28-15-21(26)23-10-12-24(13-11-23)22(27)18-4-3-5-20(14-18)29-17(2)25/h3-9,14H,10-13,15H2,1-2H3. The van der Waals surface area contributed by atoms with E-state index in [9.17, 15) is 14.4 Å². The maximum atomic E-state index is 12.7. The van der Waals surface area contributed by atoms with Gasteiger partial charge in [0, 0.05) is 38.7 Å². The molecule has 1 heterocycles. The summed E-state index contributed by atoms with van der Waals surface area (Å²) in [6.07, 6.45) is 0. The molecule has 0 unspecified atom stereocenters. The zero-order valence-corrected chi connectivity index (χ0v) is 16.6. The predicted molar refractivity (Wildman–Crippen MR) is 107 cm³/mol. The largest absolute Gasteiger partial charge is 0.484 e. The lowest BCUT2D eigenvalue weighted by atomic mass is 10.1. The number of rotatable bonds is 5. The molecule has 29 heavy (non-hydrogen) atoms. The van der Waals surface area contributed by atoms with Gasteiger partial charge >= 0.3 is 5.97 Å². The van der Waals surface area contributed by atoms with Gasteiger partial charge in [0.1, 0.15) is 11.5 Å². The van der Waals surface area contributed by atoms with Crippen LogP contribution >= 0.6 is 0 Å². The van der Waals surface area contributed by atoms with Crippen molar-refractivity contribution < 1.29 is 23.9 Å². The van der Waals surface area contributed by atoms with Crippen molar-refractivity contribution in [1.82, 2.24) is 9.80 Å². The Bertz CT molecular complexity index is 886. The molecule has 1 aliphatic heterocycles. The second-order valence-corrected chi connectivity index (χ2v) is 6.90. The number of hydrogen-bond donors (Lipinski definition) is 0. The zero-order chi connectivity index (χ0) is 20.8. The number of piperazine rings is 1. The van der Waals surface area contributed by atoms with Crippen LogP contribution in [0.2, 0.25) is 0 Å². The molecule has 0 aliphatic carbocycles. The zero-order valence-electron chi connectivity index (χ0n) is 16.6. The van der Waals surface area contributed by atoms with Crippen molar-refractivity contribution in [3.05, 3.63) is 59.7 Å². The summed E-state index contributed by atoms with van der Waals surface area (Å²) in [6, 6.07) is 14.1. The molecule has 1 fully saturated rings. The molecule has 7 heteroatoms. The number of aryl methyl sites for hydroxylation is 1. The van der Waals surface area contributed by atoms with Crippen molar-refractivity contribution in [2.24, 2.45) is 0 Å². The number of ether oxygens (including phenoxy) is 2. The first-order valence-corrected chi connectivity index (χ1v) is 9.47. The van der Waals surface area contributed by atoms with Crippen LogP contribution in [0, 0.1) is 6.92 Å². The first kappa shape index (κ1) is 20.4. The molecule has 0 spiro atoms. The third kappa shape index (κ3) is 5.57. The molecule has 152 valence electrons. The van der Waals surface area contributed by atoms with Crippen molar-refractivity contribution >= 4 is 17.8 Å². The quantitative estimate of drug-likeness (QED) is 0.573. The van der Waals surface area contributed by atoms with E-state index in [0.717, 1.165) is 5.56 Å². The Morgan fingerprint density at radius 3 is 2.21 bits per heavy atom. The first-order valence-electron chi connectivity index (χ1n) is 9.47. The molecule has 0 saturated carbocycles. The number of hydrogen-bond acceptors (Lipinski definition) is 5. The second kappa shape index (κ2) is 9.23. The highest BCUT2D eigenvalue weighted by Crippen LogP contribution is 2.17. The van der Waals surface area contributed by atoms with Crippen molar-refractivity contribution in [1.29, 1.82) is 0 Å². The van der Waals surface area contributed by atoms with E-state index in [0.29, 0.717) is 43.2 Å². The number of amides is 2. The van der Waals surface area contributed by atoms with Gasteiger partial charge in [-0.3, -0.25) is 14.4 Å². The van der Waals surface area contributed by atoms with Gasteiger partial charge in [0.15, 0.2) is 6.61 Å². The van der Waals surface area contributed by atoms with Crippen molar-refractivity contribution in [2.75, 3.05) is 32.8 Å². The normalized spacial score (nSPS) is 13.7. The summed E-state index contributed by atoms with van der Waals surface area (Å²) in [5.74, 6) is 0.307. The van der Waals surface area contributed by atoms with E-state index in [1.807, 2.05) is 31.2 Å². The van der Waals surface area contributed by atoms with E-state index < -0.39 is 5.97 Å². The molecule has 0 N–H and O–H groups in total. The van der Waals surface area contributed by atoms with Gasteiger partial charge in [-0.2, -0.15) is 0 Å². The van der Waals surface area contributed by atoms with Gasteiger partial charge in [-0.15, -0.1) is 0 Å². The van der Waals surface area contributed by atoms with Gasteiger partial charge in [0.25, 0.3) is 11.8 Å². The van der Waals surface area contributed by atoms with Crippen molar-refractivity contribution in [3.63, 3.8) is 0 Å². The average Bonchev–Trinajstić information content (AvgIpc) is 2.72. The van der Waals surface area contributed by atoms with Gasteiger partial charge in [-0.25, -0.2) is 0 Å². The number of benzene rings is 2. The number of carbonyl (C=O) groups excluding carboxylic acids is 3. The highest BCUT2D eigenvalue weighted by molar-refractivity contribution is 5.95. The summed E-state index contributed by atoms with van der Waals surface area (Å²) >= 11 is 0. The molecule has 0 atom stereocenters. The van der Waals surface area contributed by atoms with Crippen LogP contribution in [-0.2, 0) is 9.59 Å². The minimum absolute atomic E-state index is 0.0264. The third-order valence-electron chi connectivity index (χ3n) is 4.65. The number of nitrogens with zero attached hydrogens (tertiary/aromatic N) is 2. The monoisotopic (exact) mass is 396 g/mol. The van der Waals surface area contributed by atoms with E-state index in [4.69, 9.17) is 9.47 Å². The predicted octanol–water partition coefficient (Wildman–Crippen LogP) is 2.28. The number of esters is 1. The highest BCUT2D eigenvalue weighted by atomic mass is 16.5. The van der Waals surface area contributed by atoms with Crippen LogP contribution in [0.25, 0.3) is 0 Å². The average molecular weight is 396 g/mol. The van der Waals surface area contributed by atoms with Gasteiger partial charge in [-0.05, 0) is 37.3 Å². The smallest absolute Gasteiger partial charge is 0.308 e. The topological polar surface area (TPSA) is 76.2 Å². The highest BCUT2D eigenvalue weighted by Gasteiger charge is 2.25. The summed E-state index contributed by atoms with van der Waals surface area (Å²) < 4.78 is 10.6. The molecule has 2 aromatic carbocycles. The molecule has 2 aromatic rings. The summed E-state index contributed by atoms with van der Waals surface area (Å²) in [5.41, 5.74) is 1.58. The fourth-order valence-corrected chi connectivity index (χ4v) is 3.07. The van der Waals surface area contributed by atoms with E-state index in [1.165, 1.54) is 6.92 Å². The van der Waals surface area contributed by atoms with Crippen molar-refractivity contribution in [3.8, 4) is 11.5 Å². The molecule has 3 rings (SSSR count). The Morgan fingerprint density at radius 2 is 1.55 bits per heavy atom. The Morgan fingerprint density at radius 1 is 0.897 bits per heavy atom. The Labute approximate surface area is 169 Å². The van der Waals surface area contributed by atoms with Crippen LogP contribution in [0.15, 0.2) is 48.5 Å². The van der Waals surface area contributed by atoms with Gasteiger partial charge in [0.05, 0.1) is 0 Å². The molecule has 0 bridgehead atoms. The summed E-state index contributed by atoms with van der Waals surface area (Å²) in [6.45, 7) is 5.05. The summed E-state index contributed by atoms with van der Waals surface area (Å²) in [5, 5.41) is 0. The SMILES string of the molecule is CC(=O)Oc1cccc(C(=O)N2CCN(C(=O)COc3ccc(C)cc3)CC2)c1. The van der Waals surface area contributed by atoms with Crippen LogP contribution < -0.4 is 9.47 Å². The Hall–Kier alpha value is -3.35. The Kier molecular flexibility index (Phi) is 6.49. The molecule has 1 aliphatic rings. The first-order chi connectivity index (χ1) is 13.9. The minimum Gasteiger partial charge on any atom is -0.484 e. The van der Waals surface area contributed by atoms with Gasteiger partial charge < -0.3 is 19.3 Å². The lowest BCUT2D eigenvalue weighted by Gasteiger charge is -2.34. The second-order valence-electron chi connectivity index (χ2n) is 6.90. The maximum absolute atomic E-state index is 12.7. The minimum atomic E-state index is -0.436. The molecular weight excluding hydrogens is 372 g/mol. The number of carbonyl (C=O) groups is 3. The van der Waals surface area contributed by atoms with Crippen LogP contribution in [0.4, 0.5) is 0 Å². The van der Waals surface area contributed by atoms with Crippen LogP contribution in [0.1, 0.15) is 22.8 Å². The van der Waals surface area contributed by atoms with Gasteiger partial charge in [-0.1, -0.05) is 23.8 Å². The van der Waals surface area contributed by atoms with Crippen molar-refractivity contribution in [2.45, 2.75) is 13.8 Å². The van der Waals surface area contributed by atoms with E-state index >= 15 is 0 Å². The maximum Gasteiger partial charge on any atom is 0.308 e.